The molecule has 0 unspecified atom stereocenters. The van der Waals surface area contributed by atoms with Crippen LogP contribution in [0, 0.1) is 0 Å². The van der Waals surface area contributed by atoms with Crippen LogP contribution in [0.1, 0.15) is 0 Å². The van der Waals surface area contributed by atoms with Gasteiger partial charge in [0.05, 0.1) is 22.6 Å². The Balaban J connectivity index is 1.07. The Morgan fingerprint density at radius 2 is 0.833 bits per heavy atom. The average Bonchev–Trinajstić information content (AvgIpc) is 3.26. The molecule has 10 rings (SSSR count). The number of pyridine rings is 3. The number of aromatic nitrogens is 5. The lowest BCUT2D eigenvalue weighted by Crippen LogP contribution is -1.97. The van der Waals surface area contributed by atoms with Gasteiger partial charge in [-0.15, -0.1) is 0 Å². The van der Waals surface area contributed by atoms with E-state index in [1.165, 1.54) is 27.3 Å². The van der Waals surface area contributed by atoms with Crippen LogP contribution in [0.4, 0.5) is 0 Å². The van der Waals surface area contributed by atoms with Crippen LogP contribution in [-0.4, -0.2) is 24.9 Å². The van der Waals surface area contributed by atoms with Crippen molar-refractivity contribution < 1.29 is 0 Å². The van der Waals surface area contributed by atoms with Crippen LogP contribution >= 0.6 is 0 Å². The first-order chi connectivity index (χ1) is 26.8. The summed E-state index contributed by atoms with van der Waals surface area (Å²) in [5.41, 5.74) is 12.2. The zero-order valence-electron chi connectivity index (χ0n) is 29.1. The maximum atomic E-state index is 5.22. The van der Waals surface area contributed by atoms with Gasteiger partial charge in [-0.3, -0.25) is 9.97 Å². The highest BCUT2D eigenvalue weighted by Crippen LogP contribution is 2.39. The maximum Gasteiger partial charge on any atom is 0.161 e. The SMILES string of the molecule is c1ccc(-c2cc(-c3ccc(-c4ccc(-c5nc(-c6ccncc6)cc(-c6ccncc6)n5)c5ccccc45)cc3)nc3ccc4ccccc4c23)cc1. The van der Waals surface area contributed by atoms with E-state index in [2.05, 4.69) is 143 Å². The van der Waals surface area contributed by atoms with E-state index < -0.39 is 0 Å². The number of nitrogens with zero attached hydrogens (tertiary/aromatic N) is 5. The quantitative estimate of drug-likeness (QED) is 0.163. The molecule has 252 valence electrons. The van der Waals surface area contributed by atoms with Crippen LogP contribution in [0.15, 0.2) is 189 Å². The Labute approximate surface area is 312 Å². The Hall–Kier alpha value is -7.37. The first-order valence-electron chi connectivity index (χ1n) is 18.0. The number of hydrogen-bond acceptors (Lipinski definition) is 5. The molecule has 0 saturated carbocycles. The monoisotopic (exact) mass is 689 g/mol. The van der Waals surface area contributed by atoms with E-state index in [0.29, 0.717) is 5.82 Å². The van der Waals surface area contributed by atoms with Gasteiger partial charge in [0.15, 0.2) is 5.82 Å². The molecule has 0 aliphatic carbocycles. The minimum Gasteiger partial charge on any atom is -0.265 e. The molecule has 0 radical (unpaired) electrons. The summed E-state index contributed by atoms with van der Waals surface area (Å²) in [6.07, 6.45) is 7.16. The number of benzene rings is 6. The molecular weight excluding hydrogens is 659 g/mol. The second-order valence-corrected chi connectivity index (χ2v) is 13.3. The fourth-order valence-corrected chi connectivity index (χ4v) is 7.48. The summed E-state index contributed by atoms with van der Waals surface area (Å²) < 4.78 is 0. The number of fused-ring (bicyclic) bond motifs is 4. The fraction of sp³-hybridized carbons (Fsp3) is 0. The smallest absolute Gasteiger partial charge is 0.161 e. The van der Waals surface area contributed by atoms with Gasteiger partial charge < -0.3 is 0 Å². The summed E-state index contributed by atoms with van der Waals surface area (Å²) in [6, 6.07) is 57.3. The van der Waals surface area contributed by atoms with Crippen LogP contribution in [0.2, 0.25) is 0 Å². The Morgan fingerprint density at radius 3 is 1.52 bits per heavy atom. The Kier molecular flexibility index (Phi) is 7.73. The van der Waals surface area contributed by atoms with Crippen molar-refractivity contribution in [2.24, 2.45) is 0 Å². The predicted molar refractivity (Wildman–Crippen MR) is 221 cm³/mol. The first kappa shape index (κ1) is 31.4. The second kappa shape index (κ2) is 13.3. The molecule has 0 atom stereocenters. The normalized spacial score (nSPS) is 11.3. The molecule has 0 fully saturated rings. The van der Waals surface area contributed by atoms with Gasteiger partial charge in [0.25, 0.3) is 0 Å². The second-order valence-electron chi connectivity index (χ2n) is 13.3. The Bertz CT molecular complexity index is 2910. The lowest BCUT2D eigenvalue weighted by Gasteiger charge is -2.14. The van der Waals surface area contributed by atoms with Crippen molar-refractivity contribution in [1.82, 2.24) is 24.9 Å². The molecule has 54 heavy (non-hydrogen) atoms. The van der Waals surface area contributed by atoms with Gasteiger partial charge >= 0.3 is 0 Å². The molecule has 0 bridgehead atoms. The molecule has 0 saturated heterocycles. The van der Waals surface area contributed by atoms with Crippen molar-refractivity contribution in [1.29, 1.82) is 0 Å². The van der Waals surface area contributed by atoms with E-state index in [0.717, 1.165) is 66.8 Å². The lowest BCUT2D eigenvalue weighted by atomic mass is 9.92. The van der Waals surface area contributed by atoms with E-state index in [1.807, 2.05) is 30.3 Å². The molecule has 0 spiro atoms. The molecule has 0 aliphatic heterocycles. The summed E-state index contributed by atoms with van der Waals surface area (Å²) in [4.78, 5) is 23.9. The standard InChI is InChI=1S/C49H31N5/c1-2-8-32(9-3-1)43-30-45(52-44-21-18-33-10-4-5-11-39(33)48(43)44)35-16-14-34(15-17-35)38-19-20-42(41-13-7-6-12-40(38)41)49-53-46(36-22-26-50-27-23-36)31-47(54-49)37-24-28-51-29-25-37/h1-31H. The van der Waals surface area contributed by atoms with Crippen LogP contribution in [0.25, 0.3) is 99.9 Å². The van der Waals surface area contributed by atoms with E-state index in [4.69, 9.17) is 15.0 Å². The minimum absolute atomic E-state index is 0.665. The van der Waals surface area contributed by atoms with Crippen LogP contribution < -0.4 is 0 Å². The zero-order chi connectivity index (χ0) is 35.8. The van der Waals surface area contributed by atoms with Crippen molar-refractivity contribution in [2.45, 2.75) is 0 Å². The summed E-state index contributed by atoms with van der Waals surface area (Å²) in [5.74, 6) is 0.665. The van der Waals surface area contributed by atoms with Crippen molar-refractivity contribution in [3.8, 4) is 67.4 Å². The van der Waals surface area contributed by atoms with Crippen LogP contribution in [0.5, 0.6) is 0 Å². The third-order valence-corrected chi connectivity index (χ3v) is 10.1. The molecule has 10 aromatic rings. The van der Waals surface area contributed by atoms with Crippen molar-refractivity contribution >= 4 is 32.4 Å². The number of rotatable bonds is 6. The van der Waals surface area contributed by atoms with E-state index >= 15 is 0 Å². The van der Waals surface area contributed by atoms with Crippen LogP contribution in [-0.2, 0) is 0 Å². The maximum absolute atomic E-state index is 5.22. The van der Waals surface area contributed by atoms with Gasteiger partial charge in [0.1, 0.15) is 0 Å². The summed E-state index contributed by atoms with van der Waals surface area (Å²) in [6.45, 7) is 0. The fourth-order valence-electron chi connectivity index (χ4n) is 7.48. The van der Waals surface area contributed by atoms with Crippen molar-refractivity contribution in [2.75, 3.05) is 0 Å². The molecule has 4 aromatic heterocycles. The van der Waals surface area contributed by atoms with Crippen LogP contribution in [0.3, 0.4) is 0 Å². The molecule has 0 aliphatic rings. The highest BCUT2D eigenvalue weighted by molar-refractivity contribution is 6.14. The summed E-state index contributed by atoms with van der Waals surface area (Å²) in [7, 11) is 0. The Morgan fingerprint density at radius 1 is 0.315 bits per heavy atom. The zero-order valence-corrected chi connectivity index (χ0v) is 29.1. The van der Waals surface area contributed by atoms with Crippen molar-refractivity contribution in [3.05, 3.63) is 189 Å². The molecular formula is C49H31N5. The van der Waals surface area contributed by atoms with E-state index in [9.17, 15) is 0 Å². The minimum atomic E-state index is 0.665. The highest BCUT2D eigenvalue weighted by atomic mass is 14.9. The molecule has 0 N–H and O–H groups in total. The van der Waals surface area contributed by atoms with Crippen molar-refractivity contribution in [3.63, 3.8) is 0 Å². The van der Waals surface area contributed by atoms with Gasteiger partial charge in [-0.2, -0.15) is 0 Å². The number of hydrogen-bond donors (Lipinski definition) is 0. The van der Waals surface area contributed by atoms with E-state index in [1.54, 1.807) is 24.8 Å². The molecule has 6 aromatic carbocycles. The molecule has 0 amide bonds. The average molecular weight is 690 g/mol. The van der Waals surface area contributed by atoms with Gasteiger partial charge in [0.2, 0.25) is 0 Å². The van der Waals surface area contributed by atoms with Gasteiger partial charge in [0, 0.05) is 52.4 Å². The highest BCUT2D eigenvalue weighted by Gasteiger charge is 2.16. The lowest BCUT2D eigenvalue weighted by molar-refractivity contribution is 1.18. The largest absolute Gasteiger partial charge is 0.265 e. The summed E-state index contributed by atoms with van der Waals surface area (Å²) >= 11 is 0. The van der Waals surface area contributed by atoms with Gasteiger partial charge in [-0.25, -0.2) is 15.0 Å². The van der Waals surface area contributed by atoms with Gasteiger partial charge in [-0.05, 0) is 92.3 Å². The predicted octanol–water partition coefficient (Wildman–Crippen LogP) is 12.1. The van der Waals surface area contributed by atoms with Gasteiger partial charge in [-0.1, -0.05) is 115 Å². The molecule has 5 heteroatoms. The van der Waals surface area contributed by atoms with E-state index in [-0.39, 0.29) is 0 Å². The topological polar surface area (TPSA) is 64.5 Å². The molecule has 5 nitrogen and oxygen atoms in total. The molecule has 4 heterocycles. The third kappa shape index (κ3) is 5.65. The first-order valence-corrected chi connectivity index (χ1v) is 18.0. The summed E-state index contributed by atoms with van der Waals surface area (Å²) in [5, 5.41) is 5.81. The third-order valence-electron chi connectivity index (χ3n) is 10.1.